The zero-order chi connectivity index (χ0) is 43.9. The molecule has 0 aliphatic carbocycles. The molecule has 0 amide bonds. The Labute approximate surface area is 358 Å². The number of hydrogen-bond acceptors (Lipinski definition) is 18. The van der Waals surface area contributed by atoms with Gasteiger partial charge in [-0.25, -0.2) is 38.3 Å². The van der Waals surface area contributed by atoms with Crippen molar-refractivity contribution in [3.8, 4) is 0 Å². The van der Waals surface area contributed by atoms with E-state index in [4.69, 9.17) is 38.3 Å². The van der Waals surface area contributed by atoms with Crippen LogP contribution in [0.3, 0.4) is 0 Å². The van der Waals surface area contributed by atoms with Gasteiger partial charge in [0.1, 0.15) is 48.5 Å². The van der Waals surface area contributed by atoms with Crippen LogP contribution < -0.4 is 11.3 Å². The van der Waals surface area contributed by atoms with Crippen LogP contribution in [0.15, 0.2) is 30.1 Å². The number of H-pyrrole nitrogens is 1. The van der Waals surface area contributed by atoms with E-state index in [0.717, 1.165) is 44.7 Å². The fourth-order valence-electron chi connectivity index (χ4n) is 7.50. The number of aromatic nitrogens is 8. The molecule has 62 heavy (non-hydrogen) atoms. The van der Waals surface area contributed by atoms with Gasteiger partial charge in [0.25, 0.3) is 5.56 Å². The highest BCUT2D eigenvalue weighted by molar-refractivity contribution is 8.55. The zero-order valence-electron chi connectivity index (χ0n) is 33.9. The predicted molar refractivity (Wildman–Crippen MR) is 219 cm³/mol. The number of nitrogens with one attached hydrogen (secondary N) is 1. The van der Waals surface area contributed by atoms with Gasteiger partial charge in [0.2, 0.25) is 0 Å². The standard InChI is InChI=1S/C36H51F2N9O12P2S/c1-2-3-4-5-6-7-8-9-10-11-12-13-24(48)54-21-62-61(52)56-15-23-29(26(38)35(58-23)46-18-44-27-31(39)40-16-41-32(27)46)53-20-60(50,51)55-14-22-25(37)30(59-61)36(57-22)47-19-45-28-33(47)42-17-43-34(28)49/h16-19,22-23,25-26,29-30,35-36H,2-15,20-21H2,1H3,(H,50,51)(H2,39,40,41)(H,42,43,49)/t22-,23-,25-,26-,29-,30-,35-,36-,61?/m1/s1. The summed E-state index contributed by atoms with van der Waals surface area (Å²) in [6.45, 7) is -4.08. The van der Waals surface area contributed by atoms with E-state index in [1.807, 2.05) is 0 Å². The Morgan fingerprint density at radius 2 is 1.52 bits per heavy atom. The molecule has 2 unspecified atom stereocenters. The van der Waals surface area contributed by atoms with Gasteiger partial charge in [0, 0.05) is 17.8 Å². The van der Waals surface area contributed by atoms with Crippen molar-refractivity contribution in [2.75, 3.05) is 31.2 Å². The molecule has 21 nitrogen and oxygen atoms in total. The highest BCUT2D eigenvalue weighted by atomic mass is 32.7. The van der Waals surface area contributed by atoms with E-state index in [9.17, 15) is 23.6 Å². The molecular formula is C36H51F2N9O12P2S. The molecule has 0 saturated carbocycles. The van der Waals surface area contributed by atoms with Crippen LogP contribution in [0.25, 0.3) is 22.3 Å². The van der Waals surface area contributed by atoms with Gasteiger partial charge in [0.05, 0.1) is 32.2 Å². The quantitative estimate of drug-likeness (QED) is 0.0473. The van der Waals surface area contributed by atoms with Gasteiger partial charge in [-0.05, 0) is 6.42 Å². The number of carbonyl (C=O) groups excluding carboxylic acids is 1. The average molecular weight is 934 g/mol. The first-order valence-corrected chi connectivity index (χ1v) is 25.5. The van der Waals surface area contributed by atoms with Crippen molar-refractivity contribution in [1.82, 2.24) is 39.0 Å². The summed E-state index contributed by atoms with van der Waals surface area (Å²) in [4.78, 5) is 58.7. The summed E-state index contributed by atoms with van der Waals surface area (Å²) < 4.78 is 103. The lowest BCUT2D eigenvalue weighted by atomic mass is 10.1. The first-order valence-electron chi connectivity index (χ1n) is 20.6. The number of imidazole rings is 2. The van der Waals surface area contributed by atoms with Gasteiger partial charge in [-0.1, -0.05) is 71.1 Å². The number of anilines is 1. The molecule has 3 aliphatic heterocycles. The van der Waals surface area contributed by atoms with Crippen molar-refractivity contribution in [2.45, 2.75) is 133 Å². The van der Waals surface area contributed by atoms with Gasteiger partial charge in [-0.3, -0.25) is 32.3 Å². The summed E-state index contributed by atoms with van der Waals surface area (Å²) in [7, 11) is -4.73. The minimum absolute atomic E-state index is 0.0161. The number of halogens is 2. The number of aromatic amines is 1. The molecule has 3 fully saturated rings. The molecule has 26 heteroatoms. The number of nitrogen functional groups attached to an aromatic ring is 1. The maximum Gasteiger partial charge on any atom is 0.393 e. The molecule has 2 bridgehead atoms. The monoisotopic (exact) mass is 933 g/mol. The Morgan fingerprint density at radius 1 is 0.871 bits per heavy atom. The number of hydrogen-bond donors (Lipinski definition) is 3. The Bertz CT molecular complexity index is 2290. The van der Waals surface area contributed by atoms with E-state index < -0.39 is 101 Å². The molecule has 342 valence electrons. The fraction of sp³-hybridized carbons (Fsp3) is 0.694. The second kappa shape index (κ2) is 21.0. The molecule has 10 atom stereocenters. The van der Waals surface area contributed by atoms with Gasteiger partial charge in [-0.2, -0.15) is 0 Å². The number of unbranched alkanes of at least 4 members (excludes halogenated alkanes) is 10. The molecule has 3 saturated heterocycles. The van der Waals surface area contributed by atoms with Crippen molar-refractivity contribution in [3.63, 3.8) is 0 Å². The van der Waals surface area contributed by atoms with E-state index in [0.29, 0.717) is 17.8 Å². The van der Waals surface area contributed by atoms with Crippen LogP contribution in [-0.4, -0.2) is 112 Å². The van der Waals surface area contributed by atoms with Crippen molar-refractivity contribution in [1.29, 1.82) is 0 Å². The van der Waals surface area contributed by atoms with Crippen LogP contribution in [-0.2, 0) is 46.4 Å². The van der Waals surface area contributed by atoms with Gasteiger partial charge >= 0.3 is 20.4 Å². The molecule has 7 heterocycles. The Morgan fingerprint density at radius 3 is 2.26 bits per heavy atom. The maximum absolute atomic E-state index is 16.5. The Hall–Kier alpha value is -3.44. The van der Waals surface area contributed by atoms with Crippen molar-refractivity contribution in [2.24, 2.45) is 0 Å². The molecular weight excluding hydrogens is 882 g/mol. The molecule has 3 aliphatic rings. The Balaban J connectivity index is 1.08. The van der Waals surface area contributed by atoms with Crippen molar-refractivity contribution < 1.29 is 60.1 Å². The van der Waals surface area contributed by atoms with Crippen LogP contribution in [0.1, 0.15) is 96.4 Å². The first-order chi connectivity index (χ1) is 29.9. The summed E-state index contributed by atoms with van der Waals surface area (Å²) in [5.74, 6) is -1.09. The molecule has 4 N–H and O–H groups in total. The lowest BCUT2D eigenvalue weighted by Crippen LogP contribution is -2.36. The lowest BCUT2D eigenvalue weighted by molar-refractivity contribution is -0.141. The minimum Gasteiger partial charge on any atom is -0.454 e. The first kappa shape index (κ1) is 46.5. The molecule has 0 radical (unpaired) electrons. The van der Waals surface area contributed by atoms with Gasteiger partial charge < -0.3 is 39.1 Å². The van der Waals surface area contributed by atoms with E-state index in [2.05, 4.69) is 36.8 Å². The Kier molecular flexibility index (Phi) is 15.8. The minimum atomic E-state index is -4.73. The van der Waals surface area contributed by atoms with Crippen LogP contribution in [0.5, 0.6) is 0 Å². The molecule has 0 aromatic carbocycles. The van der Waals surface area contributed by atoms with E-state index in [-0.39, 0.29) is 34.6 Å². The second-order valence-corrected chi connectivity index (χ2v) is 21.0. The van der Waals surface area contributed by atoms with E-state index >= 15 is 8.78 Å². The summed E-state index contributed by atoms with van der Waals surface area (Å²) >= 11 is 0.428. The highest BCUT2D eigenvalue weighted by Gasteiger charge is 2.54. The number of ether oxygens (including phenoxy) is 4. The SMILES string of the molecule is CCCCCCCCCCCCCC(=O)OCSP1(=O)OC[C@H]2O[C@@H](n3cnc4c(N)ncnc43)[C@H](F)[C@@H]2OCP(=O)(O)OC[C@H]2O[C@@H](n3cnc4c(=O)[nH]cnc43)[C@H](O1)[C@@H]2F. The number of alkyl halides is 2. The largest absolute Gasteiger partial charge is 0.454 e. The van der Waals surface area contributed by atoms with Gasteiger partial charge in [0.15, 0.2) is 47.4 Å². The summed E-state index contributed by atoms with van der Waals surface area (Å²) in [6.07, 6.45) is 1.82. The average Bonchev–Trinajstić information content (AvgIpc) is 4.02. The van der Waals surface area contributed by atoms with Crippen molar-refractivity contribution >= 4 is 59.9 Å². The van der Waals surface area contributed by atoms with E-state index in [1.165, 1.54) is 54.0 Å². The maximum atomic E-state index is 16.5. The number of esters is 1. The normalized spacial score (nSPS) is 30.7. The van der Waals surface area contributed by atoms with Crippen LogP contribution >= 0.6 is 25.8 Å². The third kappa shape index (κ3) is 11.1. The van der Waals surface area contributed by atoms with Gasteiger partial charge in [-0.15, -0.1) is 0 Å². The molecule has 4 aromatic rings. The van der Waals surface area contributed by atoms with Crippen LogP contribution in [0.2, 0.25) is 0 Å². The number of rotatable bonds is 17. The number of nitrogens with zero attached hydrogens (tertiary/aromatic N) is 7. The number of carbonyl (C=O) groups is 1. The highest BCUT2D eigenvalue weighted by Crippen LogP contribution is 2.64. The van der Waals surface area contributed by atoms with Crippen LogP contribution in [0.4, 0.5) is 14.6 Å². The topological polar surface area (TPSA) is 269 Å². The smallest absolute Gasteiger partial charge is 0.393 e. The molecule has 4 aromatic heterocycles. The summed E-state index contributed by atoms with van der Waals surface area (Å²) in [6, 6.07) is 0. The molecule has 0 spiro atoms. The summed E-state index contributed by atoms with van der Waals surface area (Å²) in [5.41, 5.74) is 5.38. The van der Waals surface area contributed by atoms with E-state index in [1.54, 1.807) is 0 Å². The number of nitrogens with two attached hydrogens (primary N) is 1. The van der Waals surface area contributed by atoms with Crippen LogP contribution in [0, 0.1) is 0 Å². The van der Waals surface area contributed by atoms with Crippen molar-refractivity contribution in [3.05, 3.63) is 35.7 Å². The second-order valence-electron chi connectivity index (χ2n) is 15.2. The lowest BCUT2D eigenvalue weighted by Gasteiger charge is -2.27. The third-order valence-electron chi connectivity index (χ3n) is 10.8. The zero-order valence-corrected chi connectivity index (χ0v) is 36.6. The summed E-state index contributed by atoms with van der Waals surface area (Å²) in [5, 5.41) is 0. The molecule has 7 rings (SSSR count). The third-order valence-corrected chi connectivity index (χ3v) is 15.1. The predicted octanol–water partition coefficient (Wildman–Crippen LogP) is 6.02. The fourth-order valence-corrected chi connectivity index (χ4v) is 11.1. The number of fused-ring (bicyclic) bond motifs is 5.